The Morgan fingerprint density at radius 2 is 0.741 bits per heavy atom. The minimum absolute atomic E-state index is 0.108. The lowest BCUT2D eigenvalue weighted by Gasteiger charge is -2.18. The maximum Gasteiger partial charge on any atom is 0.306 e. The van der Waals surface area contributed by atoms with E-state index in [4.69, 9.17) is 14.2 Å². The standard InChI is InChI=1S/C52H86O6/c1-4-7-10-13-16-19-22-24-25-26-28-30-33-36-39-42-45-51(54)57-48-49(47-56-50(53)44-41-38-35-32-29-21-18-15-12-9-6-3)58-52(55)46-43-40-37-34-31-27-23-20-17-14-11-8-5-2/h7,10,15-16,18-19,21,24-25,27-31,49H,4-6,8-9,11-14,17,20,22-23,26,32-48H2,1-3H3/b10-7-,18-15-,19-16-,25-24-,29-21-,30-28-,31-27-. The van der Waals surface area contributed by atoms with Crippen molar-refractivity contribution in [1.82, 2.24) is 0 Å². The van der Waals surface area contributed by atoms with Crippen molar-refractivity contribution < 1.29 is 28.6 Å². The summed E-state index contributed by atoms with van der Waals surface area (Å²) in [4.78, 5) is 37.8. The van der Waals surface area contributed by atoms with Gasteiger partial charge in [0.2, 0.25) is 0 Å². The number of carbonyl (C=O) groups is 3. The van der Waals surface area contributed by atoms with Crippen LogP contribution in [0, 0.1) is 0 Å². The van der Waals surface area contributed by atoms with Gasteiger partial charge in [0.1, 0.15) is 13.2 Å². The molecule has 6 heteroatoms. The molecule has 1 atom stereocenters. The van der Waals surface area contributed by atoms with Crippen molar-refractivity contribution in [2.75, 3.05) is 13.2 Å². The molecule has 0 aliphatic rings. The van der Waals surface area contributed by atoms with Gasteiger partial charge in [-0.25, -0.2) is 0 Å². The lowest BCUT2D eigenvalue weighted by atomic mass is 10.1. The molecule has 0 saturated carbocycles. The molecule has 0 saturated heterocycles. The third-order valence-corrected chi connectivity index (χ3v) is 9.63. The molecule has 1 unspecified atom stereocenters. The molecule has 330 valence electrons. The molecule has 0 N–H and O–H groups in total. The van der Waals surface area contributed by atoms with Crippen LogP contribution in [-0.2, 0) is 28.6 Å². The van der Waals surface area contributed by atoms with Crippen molar-refractivity contribution in [2.45, 2.75) is 213 Å². The van der Waals surface area contributed by atoms with E-state index in [1.54, 1.807) is 0 Å². The number of rotatable bonds is 41. The first-order valence-electron chi connectivity index (χ1n) is 23.6. The molecule has 0 aliphatic heterocycles. The lowest BCUT2D eigenvalue weighted by molar-refractivity contribution is -0.167. The molecule has 0 radical (unpaired) electrons. The largest absolute Gasteiger partial charge is 0.462 e. The zero-order valence-corrected chi connectivity index (χ0v) is 37.5. The van der Waals surface area contributed by atoms with Crippen molar-refractivity contribution in [3.05, 3.63) is 85.1 Å². The van der Waals surface area contributed by atoms with Crippen LogP contribution in [0.15, 0.2) is 85.1 Å². The van der Waals surface area contributed by atoms with Crippen molar-refractivity contribution in [2.24, 2.45) is 0 Å². The van der Waals surface area contributed by atoms with Gasteiger partial charge >= 0.3 is 17.9 Å². The molecule has 0 aliphatic carbocycles. The highest BCUT2D eigenvalue weighted by Gasteiger charge is 2.19. The number of ether oxygens (including phenoxy) is 3. The van der Waals surface area contributed by atoms with Crippen LogP contribution in [-0.4, -0.2) is 37.2 Å². The van der Waals surface area contributed by atoms with Crippen LogP contribution in [0.3, 0.4) is 0 Å². The van der Waals surface area contributed by atoms with Gasteiger partial charge in [0, 0.05) is 19.3 Å². The average Bonchev–Trinajstić information content (AvgIpc) is 3.22. The molecule has 0 aromatic rings. The summed E-state index contributed by atoms with van der Waals surface area (Å²) < 4.78 is 16.7. The number of unbranched alkanes of at least 4 members (excludes halogenated alkanes) is 17. The monoisotopic (exact) mass is 807 g/mol. The van der Waals surface area contributed by atoms with Crippen molar-refractivity contribution in [3.8, 4) is 0 Å². The zero-order valence-electron chi connectivity index (χ0n) is 37.5. The molecule has 0 spiro atoms. The summed E-state index contributed by atoms with van der Waals surface area (Å²) in [7, 11) is 0. The Balaban J connectivity index is 4.50. The van der Waals surface area contributed by atoms with Crippen molar-refractivity contribution >= 4 is 17.9 Å². The average molecular weight is 807 g/mol. The maximum atomic E-state index is 12.7. The third-order valence-electron chi connectivity index (χ3n) is 9.63. The van der Waals surface area contributed by atoms with E-state index in [9.17, 15) is 14.4 Å². The quantitative estimate of drug-likeness (QED) is 0.0201. The number of hydrogen-bond donors (Lipinski definition) is 0. The molecule has 0 amide bonds. The second-order valence-corrected chi connectivity index (χ2v) is 15.3. The molecule has 6 nitrogen and oxygen atoms in total. The van der Waals surface area contributed by atoms with E-state index in [2.05, 4.69) is 106 Å². The van der Waals surface area contributed by atoms with Crippen LogP contribution in [0.4, 0.5) is 0 Å². The van der Waals surface area contributed by atoms with Crippen LogP contribution < -0.4 is 0 Å². The van der Waals surface area contributed by atoms with Crippen molar-refractivity contribution in [1.29, 1.82) is 0 Å². The van der Waals surface area contributed by atoms with Crippen LogP contribution in [0.2, 0.25) is 0 Å². The normalized spacial score (nSPS) is 12.8. The van der Waals surface area contributed by atoms with E-state index in [0.717, 1.165) is 116 Å². The van der Waals surface area contributed by atoms with Gasteiger partial charge in [0.15, 0.2) is 6.10 Å². The van der Waals surface area contributed by atoms with Gasteiger partial charge in [-0.1, -0.05) is 170 Å². The van der Waals surface area contributed by atoms with Gasteiger partial charge in [0.25, 0.3) is 0 Å². The number of carbonyl (C=O) groups excluding carboxylic acids is 3. The SMILES string of the molecule is CC/C=C\C/C=C\C/C=C\C/C=C\CCCCCC(=O)OCC(COC(=O)CCCCC/C=C\C=C/CCCC)OC(=O)CCCCC/C=C\CCCCCCCC. The Morgan fingerprint density at radius 3 is 1.22 bits per heavy atom. The summed E-state index contributed by atoms with van der Waals surface area (Å²) in [5, 5.41) is 0. The van der Waals surface area contributed by atoms with E-state index in [1.165, 1.54) is 51.4 Å². The molecule has 0 rings (SSSR count). The Bertz CT molecular complexity index is 1160. The van der Waals surface area contributed by atoms with Gasteiger partial charge in [-0.3, -0.25) is 14.4 Å². The summed E-state index contributed by atoms with van der Waals surface area (Å²) in [5.74, 6) is -0.988. The van der Waals surface area contributed by atoms with Crippen LogP contribution in [0.5, 0.6) is 0 Å². The zero-order chi connectivity index (χ0) is 42.3. The molecule has 0 bridgehead atoms. The fraction of sp³-hybridized carbons (Fsp3) is 0.673. The van der Waals surface area contributed by atoms with Crippen LogP contribution >= 0.6 is 0 Å². The van der Waals surface area contributed by atoms with E-state index >= 15 is 0 Å². The fourth-order valence-corrected chi connectivity index (χ4v) is 6.05. The highest BCUT2D eigenvalue weighted by molar-refractivity contribution is 5.71. The summed E-state index contributed by atoms with van der Waals surface area (Å²) in [6.45, 7) is 6.37. The van der Waals surface area contributed by atoms with E-state index in [0.29, 0.717) is 19.3 Å². The predicted octanol–water partition coefficient (Wildman–Crippen LogP) is 15.3. The molecule has 0 heterocycles. The number of allylic oxidation sites excluding steroid dienone is 14. The summed E-state index contributed by atoms with van der Waals surface area (Å²) in [6, 6.07) is 0. The van der Waals surface area contributed by atoms with E-state index < -0.39 is 6.10 Å². The minimum Gasteiger partial charge on any atom is -0.462 e. The van der Waals surface area contributed by atoms with Gasteiger partial charge < -0.3 is 14.2 Å². The predicted molar refractivity (Wildman–Crippen MR) is 247 cm³/mol. The summed E-state index contributed by atoms with van der Waals surface area (Å²) in [5.41, 5.74) is 0. The Hall–Kier alpha value is -3.41. The maximum absolute atomic E-state index is 12.7. The molecule has 0 aromatic heterocycles. The molecular formula is C52H86O6. The number of hydrogen-bond acceptors (Lipinski definition) is 6. The summed E-state index contributed by atoms with van der Waals surface area (Å²) >= 11 is 0. The smallest absolute Gasteiger partial charge is 0.306 e. The van der Waals surface area contributed by atoms with Gasteiger partial charge in [-0.2, -0.15) is 0 Å². The van der Waals surface area contributed by atoms with Gasteiger partial charge in [-0.15, -0.1) is 0 Å². The number of esters is 3. The fourth-order valence-electron chi connectivity index (χ4n) is 6.05. The second-order valence-electron chi connectivity index (χ2n) is 15.3. The first kappa shape index (κ1) is 54.6. The Kier molecular flexibility index (Phi) is 43.6. The van der Waals surface area contributed by atoms with Gasteiger partial charge in [0.05, 0.1) is 0 Å². The minimum atomic E-state index is -0.806. The van der Waals surface area contributed by atoms with Crippen LogP contribution in [0.25, 0.3) is 0 Å². The van der Waals surface area contributed by atoms with E-state index in [1.807, 2.05) is 0 Å². The molecule has 0 fully saturated rings. The van der Waals surface area contributed by atoms with E-state index in [-0.39, 0.29) is 31.1 Å². The Morgan fingerprint density at radius 1 is 0.379 bits per heavy atom. The first-order valence-corrected chi connectivity index (χ1v) is 23.6. The van der Waals surface area contributed by atoms with Crippen molar-refractivity contribution in [3.63, 3.8) is 0 Å². The summed E-state index contributed by atoms with van der Waals surface area (Å²) in [6.07, 6.45) is 58.5. The highest BCUT2D eigenvalue weighted by Crippen LogP contribution is 2.12. The second kappa shape index (κ2) is 46.3. The van der Waals surface area contributed by atoms with Gasteiger partial charge in [-0.05, 0) is 103 Å². The first-order chi connectivity index (χ1) is 28.5. The molecular weight excluding hydrogens is 721 g/mol. The topological polar surface area (TPSA) is 78.9 Å². The van der Waals surface area contributed by atoms with Crippen LogP contribution in [0.1, 0.15) is 207 Å². The highest BCUT2D eigenvalue weighted by atomic mass is 16.6. The Labute approximate surface area is 356 Å². The lowest BCUT2D eigenvalue weighted by Crippen LogP contribution is -2.30. The molecule has 0 aromatic carbocycles. The molecule has 58 heavy (non-hydrogen) atoms. The third kappa shape index (κ3) is 43.7.